The molecule has 1 atom stereocenters. The minimum absolute atomic E-state index is 0.0673. The number of carbonyl (C=O) groups excluding carboxylic acids is 1. The first-order valence-electron chi connectivity index (χ1n) is 11.1. The van der Waals surface area contributed by atoms with E-state index in [1.165, 1.54) is 25.3 Å². The molecule has 1 aliphatic rings. The number of hydrogen-bond donors (Lipinski definition) is 1. The number of aryl methyl sites for hydroxylation is 1. The van der Waals surface area contributed by atoms with Crippen molar-refractivity contribution in [2.24, 2.45) is 0 Å². The van der Waals surface area contributed by atoms with Crippen LogP contribution in [0, 0.1) is 6.92 Å². The van der Waals surface area contributed by atoms with Crippen molar-refractivity contribution in [3.05, 3.63) is 59.5 Å². The number of methoxy groups -OCH3 is 1. The molecule has 0 amide bonds. The molecular weight excluding hydrogens is 458 g/mol. The van der Waals surface area contributed by atoms with E-state index >= 15 is 0 Å². The van der Waals surface area contributed by atoms with Crippen molar-refractivity contribution in [1.29, 1.82) is 0 Å². The van der Waals surface area contributed by atoms with Crippen LogP contribution in [0.15, 0.2) is 51.8 Å². The quantitative estimate of drug-likeness (QED) is 0.472. The Kier molecular flexibility index (Phi) is 6.99. The van der Waals surface area contributed by atoms with Crippen LogP contribution in [0.5, 0.6) is 5.75 Å². The largest absolute Gasteiger partial charge is 0.495 e. The van der Waals surface area contributed by atoms with E-state index in [9.17, 15) is 13.2 Å². The van der Waals surface area contributed by atoms with E-state index in [0.717, 1.165) is 36.8 Å². The predicted molar refractivity (Wildman–Crippen MR) is 124 cm³/mol. The lowest BCUT2D eigenvalue weighted by Gasteiger charge is -2.16. The Morgan fingerprint density at radius 2 is 1.82 bits per heavy atom. The summed E-state index contributed by atoms with van der Waals surface area (Å²) in [5.41, 5.74) is 1.92. The standard InChI is InChI=1S/C24H27N3O6S/c1-15-8-10-17(11-9-15)23-26-25-22(33-23)16(2)32-24(28)18-12-13-20(31-3)21(14-18)34(29,30)27-19-6-4-5-7-19/h8-14,16,19,27H,4-7H2,1-3H3. The van der Waals surface area contributed by atoms with E-state index in [-0.39, 0.29) is 28.1 Å². The maximum atomic E-state index is 13.0. The van der Waals surface area contributed by atoms with Crippen molar-refractivity contribution in [3.8, 4) is 17.2 Å². The molecule has 34 heavy (non-hydrogen) atoms. The zero-order chi connectivity index (χ0) is 24.3. The first-order valence-corrected chi connectivity index (χ1v) is 12.6. The van der Waals surface area contributed by atoms with Gasteiger partial charge in [0.05, 0.1) is 12.7 Å². The van der Waals surface area contributed by atoms with Crippen LogP contribution < -0.4 is 9.46 Å². The van der Waals surface area contributed by atoms with Crippen LogP contribution in [0.1, 0.15) is 60.5 Å². The molecule has 1 N–H and O–H groups in total. The van der Waals surface area contributed by atoms with Crippen LogP contribution >= 0.6 is 0 Å². The van der Waals surface area contributed by atoms with E-state index in [0.29, 0.717) is 5.89 Å². The van der Waals surface area contributed by atoms with Gasteiger partial charge in [0.25, 0.3) is 5.89 Å². The highest BCUT2D eigenvalue weighted by Crippen LogP contribution is 2.29. The van der Waals surface area contributed by atoms with Gasteiger partial charge in [0.1, 0.15) is 10.6 Å². The third kappa shape index (κ3) is 5.28. The lowest BCUT2D eigenvalue weighted by molar-refractivity contribution is 0.0279. The van der Waals surface area contributed by atoms with Crippen molar-refractivity contribution < 1.29 is 27.1 Å². The Hall–Kier alpha value is -3.24. The maximum Gasteiger partial charge on any atom is 0.338 e. The van der Waals surface area contributed by atoms with Gasteiger partial charge in [-0.3, -0.25) is 0 Å². The number of nitrogens with zero attached hydrogens (tertiary/aromatic N) is 2. The predicted octanol–water partition coefficient (Wildman–Crippen LogP) is 4.19. The number of aromatic nitrogens is 2. The summed E-state index contributed by atoms with van der Waals surface area (Å²) in [5.74, 6) is -0.126. The van der Waals surface area contributed by atoms with Gasteiger partial charge in [0.2, 0.25) is 15.9 Å². The molecule has 0 aliphatic heterocycles. The summed E-state index contributed by atoms with van der Waals surface area (Å²) >= 11 is 0. The number of esters is 1. The number of nitrogens with one attached hydrogen (secondary N) is 1. The van der Waals surface area contributed by atoms with Gasteiger partial charge in [-0.2, -0.15) is 0 Å². The van der Waals surface area contributed by atoms with E-state index < -0.39 is 22.1 Å². The maximum absolute atomic E-state index is 13.0. The molecule has 1 heterocycles. The molecule has 2 aromatic carbocycles. The molecular formula is C24H27N3O6S. The average Bonchev–Trinajstić information content (AvgIpc) is 3.51. The fraction of sp³-hybridized carbons (Fsp3) is 0.375. The van der Waals surface area contributed by atoms with Crippen molar-refractivity contribution in [2.75, 3.05) is 7.11 Å². The van der Waals surface area contributed by atoms with Crippen LogP contribution in [-0.4, -0.2) is 37.7 Å². The van der Waals surface area contributed by atoms with Gasteiger partial charge in [-0.1, -0.05) is 30.5 Å². The van der Waals surface area contributed by atoms with Crippen molar-refractivity contribution >= 4 is 16.0 Å². The van der Waals surface area contributed by atoms with E-state index in [4.69, 9.17) is 13.9 Å². The lowest BCUT2D eigenvalue weighted by Crippen LogP contribution is -2.33. The summed E-state index contributed by atoms with van der Waals surface area (Å²) in [5, 5.41) is 8.01. The number of ether oxygens (including phenoxy) is 2. The number of hydrogen-bond acceptors (Lipinski definition) is 8. The molecule has 0 saturated heterocycles. The summed E-state index contributed by atoms with van der Waals surface area (Å²) in [6.45, 7) is 3.58. The van der Waals surface area contributed by atoms with E-state index in [1.807, 2.05) is 31.2 Å². The first-order chi connectivity index (χ1) is 16.3. The topological polar surface area (TPSA) is 121 Å². The van der Waals surface area contributed by atoms with Crippen molar-refractivity contribution in [1.82, 2.24) is 14.9 Å². The van der Waals surface area contributed by atoms with E-state index in [2.05, 4.69) is 14.9 Å². The minimum Gasteiger partial charge on any atom is -0.495 e. The number of sulfonamides is 1. The highest BCUT2D eigenvalue weighted by Gasteiger charge is 2.28. The molecule has 0 bridgehead atoms. The van der Waals surface area contributed by atoms with Gasteiger partial charge >= 0.3 is 5.97 Å². The van der Waals surface area contributed by atoms with Gasteiger partial charge in [0, 0.05) is 11.6 Å². The lowest BCUT2D eigenvalue weighted by atomic mass is 10.1. The smallest absolute Gasteiger partial charge is 0.338 e. The molecule has 10 heteroatoms. The summed E-state index contributed by atoms with van der Waals surface area (Å²) < 4.78 is 45.0. The van der Waals surface area contributed by atoms with Crippen LogP contribution in [0.2, 0.25) is 0 Å². The Bertz CT molecular complexity index is 1260. The molecule has 3 aromatic rings. The Morgan fingerprint density at radius 1 is 1.12 bits per heavy atom. The summed E-state index contributed by atoms with van der Waals surface area (Å²) in [6, 6.07) is 11.6. The highest BCUT2D eigenvalue weighted by molar-refractivity contribution is 7.89. The van der Waals surface area contributed by atoms with Crippen molar-refractivity contribution in [3.63, 3.8) is 0 Å². The van der Waals surface area contributed by atoms with E-state index in [1.54, 1.807) is 6.92 Å². The van der Waals surface area contributed by atoms with Gasteiger partial charge in [-0.25, -0.2) is 17.9 Å². The molecule has 4 rings (SSSR count). The average molecular weight is 486 g/mol. The van der Waals surface area contributed by atoms with Gasteiger partial charge in [-0.15, -0.1) is 10.2 Å². The molecule has 1 fully saturated rings. The van der Waals surface area contributed by atoms with Gasteiger partial charge < -0.3 is 13.9 Å². The summed E-state index contributed by atoms with van der Waals surface area (Å²) in [7, 11) is -2.50. The second kappa shape index (κ2) is 9.94. The number of carbonyl (C=O) groups is 1. The Labute approximate surface area is 198 Å². The third-order valence-electron chi connectivity index (χ3n) is 5.74. The third-order valence-corrected chi connectivity index (χ3v) is 7.28. The second-order valence-corrected chi connectivity index (χ2v) is 10.0. The van der Waals surface area contributed by atoms with Gasteiger partial charge in [-0.05, 0) is 57.0 Å². The Morgan fingerprint density at radius 3 is 2.50 bits per heavy atom. The molecule has 0 spiro atoms. The molecule has 0 radical (unpaired) electrons. The zero-order valence-electron chi connectivity index (χ0n) is 19.3. The molecule has 1 aromatic heterocycles. The van der Waals surface area contributed by atoms with Crippen LogP contribution in [-0.2, 0) is 14.8 Å². The van der Waals surface area contributed by atoms with Crippen LogP contribution in [0.25, 0.3) is 11.5 Å². The van der Waals surface area contributed by atoms with Gasteiger partial charge in [0.15, 0.2) is 6.10 Å². The molecule has 1 unspecified atom stereocenters. The normalized spacial score (nSPS) is 15.3. The summed E-state index contributed by atoms with van der Waals surface area (Å²) in [4.78, 5) is 12.7. The number of benzene rings is 2. The zero-order valence-corrected chi connectivity index (χ0v) is 20.1. The molecule has 9 nitrogen and oxygen atoms in total. The molecule has 1 aliphatic carbocycles. The molecule has 180 valence electrons. The monoisotopic (exact) mass is 485 g/mol. The SMILES string of the molecule is COc1ccc(C(=O)OC(C)c2nnc(-c3ccc(C)cc3)o2)cc1S(=O)(=O)NC1CCCC1. The minimum atomic E-state index is -3.88. The fourth-order valence-electron chi connectivity index (χ4n) is 3.83. The van der Waals surface area contributed by atoms with Crippen molar-refractivity contribution in [2.45, 2.75) is 56.6 Å². The Balaban J connectivity index is 1.50. The molecule has 1 saturated carbocycles. The van der Waals surface area contributed by atoms with Crippen LogP contribution in [0.3, 0.4) is 0 Å². The second-order valence-electron chi connectivity index (χ2n) is 8.33. The highest BCUT2D eigenvalue weighted by atomic mass is 32.2. The first kappa shape index (κ1) is 23.9. The fourth-order valence-corrected chi connectivity index (χ4v) is 5.33. The summed E-state index contributed by atoms with van der Waals surface area (Å²) in [6.07, 6.45) is 2.70. The number of rotatable bonds is 8. The van der Waals surface area contributed by atoms with Crippen LogP contribution in [0.4, 0.5) is 0 Å².